The van der Waals surface area contributed by atoms with Crippen molar-refractivity contribution in [1.82, 2.24) is 15.1 Å². The first kappa shape index (κ1) is 19.0. The lowest BCUT2D eigenvalue weighted by Gasteiger charge is -2.32. The van der Waals surface area contributed by atoms with Crippen LogP contribution in [0.3, 0.4) is 0 Å². The number of amides is 1. The molecule has 2 saturated carbocycles. The summed E-state index contributed by atoms with van der Waals surface area (Å²) in [5.74, 6) is -3.50. The number of aromatic nitrogens is 2. The van der Waals surface area contributed by atoms with Crippen LogP contribution in [0.4, 0.5) is 14.8 Å². The Kier molecular flexibility index (Phi) is 4.27. The number of piperidine rings is 1. The van der Waals surface area contributed by atoms with Crippen molar-refractivity contribution < 1.29 is 18.0 Å². The molecule has 1 N–H and O–H groups in total. The van der Waals surface area contributed by atoms with E-state index in [0.717, 1.165) is 25.9 Å². The summed E-state index contributed by atoms with van der Waals surface area (Å²) in [6, 6.07) is 6.66. The predicted octanol–water partition coefficient (Wildman–Crippen LogP) is 3.55. The second kappa shape index (κ2) is 6.76. The molecule has 2 aromatic rings. The lowest BCUT2D eigenvalue weighted by atomic mass is 9.94. The van der Waals surface area contributed by atoms with E-state index >= 15 is 0 Å². The average molecular weight is 413 g/mol. The molecule has 1 aromatic heterocycles. The highest BCUT2D eigenvalue weighted by Crippen LogP contribution is 2.56. The highest BCUT2D eigenvalue weighted by molar-refractivity contribution is 5.80. The Labute approximate surface area is 172 Å². The molecule has 1 spiro atoms. The third-order valence-corrected chi connectivity index (χ3v) is 6.57. The van der Waals surface area contributed by atoms with Crippen molar-refractivity contribution in [2.75, 3.05) is 25.0 Å². The van der Waals surface area contributed by atoms with E-state index < -0.39 is 11.8 Å². The fourth-order valence-electron chi connectivity index (χ4n) is 4.22. The highest BCUT2D eigenvalue weighted by atomic mass is 19.3. The maximum Gasteiger partial charge on any atom is 0.316 e. The van der Waals surface area contributed by atoms with Crippen LogP contribution in [0.15, 0.2) is 22.6 Å². The van der Waals surface area contributed by atoms with E-state index in [9.17, 15) is 18.8 Å². The Hall–Kier alpha value is -3.02. The molecule has 2 heterocycles. The van der Waals surface area contributed by atoms with Crippen molar-refractivity contribution in [3.05, 3.63) is 29.3 Å². The molecule has 0 radical (unpaired) electrons. The number of halogens is 2. The zero-order chi connectivity index (χ0) is 20.9. The first-order valence-electron chi connectivity index (χ1n) is 10.2. The van der Waals surface area contributed by atoms with Crippen LogP contribution in [0.1, 0.15) is 49.1 Å². The lowest BCUT2D eigenvalue weighted by molar-refractivity contribution is -0.130. The van der Waals surface area contributed by atoms with Gasteiger partial charge < -0.3 is 14.6 Å². The van der Waals surface area contributed by atoms with Crippen LogP contribution >= 0.6 is 0 Å². The molecule has 30 heavy (non-hydrogen) atoms. The van der Waals surface area contributed by atoms with Gasteiger partial charge in [-0.3, -0.25) is 4.79 Å². The van der Waals surface area contributed by atoms with Crippen LogP contribution in [-0.4, -0.2) is 46.6 Å². The number of anilines is 1. The van der Waals surface area contributed by atoms with Gasteiger partial charge >= 0.3 is 6.01 Å². The predicted molar refractivity (Wildman–Crippen MR) is 103 cm³/mol. The Morgan fingerprint density at radius 2 is 2.00 bits per heavy atom. The molecule has 156 valence electrons. The van der Waals surface area contributed by atoms with E-state index in [1.54, 1.807) is 6.07 Å². The van der Waals surface area contributed by atoms with Crippen LogP contribution in [-0.2, 0) is 4.79 Å². The van der Waals surface area contributed by atoms with Gasteiger partial charge in [-0.2, -0.15) is 5.26 Å². The van der Waals surface area contributed by atoms with Gasteiger partial charge in [-0.15, -0.1) is 5.10 Å². The summed E-state index contributed by atoms with van der Waals surface area (Å²) < 4.78 is 32.3. The minimum atomic E-state index is -2.74. The number of hydrogen-bond donors (Lipinski definition) is 1. The van der Waals surface area contributed by atoms with Gasteiger partial charge in [0.2, 0.25) is 11.8 Å². The number of nitrogens with zero attached hydrogens (tertiary/aromatic N) is 4. The number of hydrogen-bond acceptors (Lipinski definition) is 6. The van der Waals surface area contributed by atoms with Gasteiger partial charge in [-0.1, -0.05) is 11.2 Å². The number of carbonyl (C=O) groups is 1. The Balaban J connectivity index is 1.21. The zero-order valence-corrected chi connectivity index (χ0v) is 16.3. The normalized spacial score (nSPS) is 23.1. The molecule has 5 rings (SSSR count). The van der Waals surface area contributed by atoms with Gasteiger partial charge in [0.25, 0.3) is 5.92 Å². The summed E-state index contributed by atoms with van der Waals surface area (Å²) in [7, 11) is 0. The van der Waals surface area contributed by atoms with Crippen molar-refractivity contribution in [3.8, 4) is 17.5 Å². The number of rotatable bonds is 5. The van der Waals surface area contributed by atoms with Gasteiger partial charge in [-0.05, 0) is 48.8 Å². The lowest BCUT2D eigenvalue weighted by Crippen LogP contribution is -2.41. The SMILES string of the molecule is N#Cc1cc(-c2nnc(NCC(=O)N3CCC4(CC3)CC4)o2)ccc1C1CC1(F)F. The van der Waals surface area contributed by atoms with Crippen LogP contribution in [0, 0.1) is 16.7 Å². The summed E-state index contributed by atoms with van der Waals surface area (Å²) in [5, 5.41) is 20.0. The van der Waals surface area contributed by atoms with Crippen molar-refractivity contribution in [1.29, 1.82) is 5.26 Å². The second-order valence-electron chi connectivity index (χ2n) is 8.58. The van der Waals surface area contributed by atoms with E-state index in [1.165, 1.54) is 25.0 Å². The molecule has 1 aromatic carbocycles. The summed E-state index contributed by atoms with van der Waals surface area (Å²) in [6.07, 6.45) is 4.49. The number of likely N-dealkylation sites (tertiary alicyclic amines) is 1. The molecular weight excluding hydrogens is 392 g/mol. The van der Waals surface area contributed by atoms with Crippen LogP contribution in [0.5, 0.6) is 0 Å². The molecule has 1 amide bonds. The monoisotopic (exact) mass is 413 g/mol. The maximum atomic E-state index is 13.4. The van der Waals surface area contributed by atoms with E-state index in [2.05, 4.69) is 15.5 Å². The van der Waals surface area contributed by atoms with Crippen LogP contribution in [0.25, 0.3) is 11.5 Å². The Bertz CT molecular complexity index is 1030. The molecule has 0 bridgehead atoms. The molecule has 1 saturated heterocycles. The fourth-order valence-corrected chi connectivity index (χ4v) is 4.22. The van der Waals surface area contributed by atoms with Gasteiger partial charge in [0.15, 0.2) is 0 Å². The quantitative estimate of drug-likeness (QED) is 0.806. The van der Waals surface area contributed by atoms with Crippen molar-refractivity contribution in [3.63, 3.8) is 0 Å². The summed E-state index contributed by atoms with van der Waals surface area (Å²) in [6.45, 7) is 1.64. The minimum absolute atomic E-state index is 0.00766. The number of benzene rings is 1. The first-order chi connectivity index (χ1) is 14.4. The molecule has 3 aliphatic rings. The fraction of sp³-hybridized carbons (Fsp3) is 0.524. The molecule has 3 fully saturated rings. The van der Waals surface area contributed by atoms with Crippen LogP contribution in [0.2, 0.25) is 0 Å². The smallest absolute Gasteiger partial charge is 0.316 e. The number of alkyl halides is 2. The van der Waals surface area contributed by atoms with Gasteiger partial charge in [0, 0.05) is 25.1 Å². The summed E-state index contributed by atoms with van der Waals surface area (Å²) >= 11 is 0. The standard InChI is InChI=1S/C21H21F2N5O2/c22-21(23)10-16(21)15-2-1-13(9-14(15)11-24)18-26-27-19(30-18)25-12-17(29)28-7-5-20(3-4-20)6-8-28/h1-2,9,16H,3-8,10,12H2,(H,25,27). The molecular formula is C21H21F2N5O2. The second-order valence-corrected chi connectivity index (χ2v) is 8.58. The number of carbonyl (C=O) groups excluding carboxylic acids is 1. The first-order valence-corrected chi connectivity index (χ1v) is 10.2. The molecule has 9 heteroatoms. The maximum absolute atomic E-state index is 13.4. The molecule has 1 aliphatic heterocycles. The van der Waals surface area contributed by atoms with Gasteiger partial charge in [-0.25, -0.2) is 8.78 Å². The largest absolute Gasteiger partial charge is 0.403 e. The minimum Gasteiger partial charge on any atom is -0.403 e. The molecule has 2 aliphatic carbocycles. The molecule has 1 atom stereocenters. The topological polar surface area (TPSA) is 95.0 Å². The molecule has 1 unspecified atom stereocenters. The van der Waals surface area contributed by atoms with Crippen molar-refractivity contribution in [2.24, 2.45) is 5.41 Å². The average Bonchev–Trinajstić information content (AvgIpc) is 3.58. The van der Waals surface area contributed by atoms with Crippen molar-refractivity contribution >= 4 is 11.9 Å². The van der Waals surface area contributed by atoms with Gasteiger partial charge in [0.05, 0.1) is 24.1 Å². The van der Waals surface area contributed by atoms with Crippen molar-refractivity contribution in [2.45, 2.75) is 43.9 Å². The summed E-state index contributed by atoms with van der Waals surface area (Å²) in [4.78, 5) is 14.3. The Morgan fingerprint density at radius 1 is 1.27 bits per heavy atom. The summed E-state index contributed by atoms with van der Waals surface area (Å²) in [5.41, 5.74) is 1.50. The number of nitriles is 1. The zero-order valence-electron chi connectivity index (χ0n) is 16.3. The van der Waals surface area contributed by atoms with E-state index in [4.69, 9.17) is 4.42 Å². The molecule has 7 nitrogen and oxygen atoms in total. The third kappa shape index (κ3) is 3.51. The van der Waals surface area contributed by atoms with Gasteiger partial charge in [0.1, 0.15) is 0 Å². The number of nitrogens with one attached hydrogen (secondary N) is 1. The third-order valence-electron chi connectivity index (χ3n) is 6.57. The van der Waals surface area contributed by atoms with E-state index in [0.29, 0.717) is 16.5 Å². The van der Waals surface area contributed by atoms with E-state index in [1.807, 2.05) is 11.0 Å². The van der Waals surface area contributed by atoms with Crippen LogP contribution < -0.4 is 5.32 Å². The highest BCUT2D eigenvalue weighted by Gasteiger charge is 2.58. The van der Waals surface area contributed by atoms with E-state index in [-0.39, 0.29) is 36.3 Å². The Morgan fingerprint density at radius 3 is 2.63 bits per heavy atom.